The van der Waals surface area contributed by atoms with E-state index >= 15 is 0 Å². The molecule has 28 heavy (non-hydrogen) atoms. The molecule has 0 aliphatic rings. The second kappa shape index (κ2) is 8.12. The first kappa shape index (κ1) is 18.7. The van der Waals surface area contributed by atoms with Crippen LogP contribution in [-0.2, 0) is 4.79 Å². The van der Waals surface area contributed by atoms with Crippen molar-refractivity contribution in [3.63, 3.8) is 0 Å². The average Bonchev–Trinajstić information content (AvgIpc) is 3.15. The average molecular weight is 406 g/mol. The number of thiophene rings is 1. The summed E-state index contributed by atoms with van der Waals surface area (Å²) in [6.45, 7) is 4.00. The van der Waals surface area contributed by atoms with Gasteiger partial charge in [0.25, 0.3) is 0 Å². The molecular formula is C22H19N3OS2. The maximum absolute atomic E-state index is 12.5. The summed E-state index contributed by atoms with van der Waals surface area (Å²) in [7, 11) is 0. The molecule has 4 aromatic rings. The monoisotopic (exact) mass is 405 g/mol. The van der Waals surface area contributed by atoms with Crippen LogP contribution in [0.25, 0.3) is 21.3 Å². The molecule has 2 heterocycles. The molecule has 0 spiro atoms. The number of aryl methyl sites for hydroxylation is 2. The predicted octanol–water partition coefficient (Wildman–Crippen LogP) is 5.71. The minimum atomic E-state index is -0.0364. The number of nitrogens with one attached hydrogen (secondary N) is 1. The maximum Gasteiger partial charge on any atom is 0.234 e. The van der Waals surface area contributed by atoms with E-state index in [4.69, 9.17) is 0 Å². The van der Waals surface area contributed by atoms with Gasteiger partial charge in [-0.2, -0.15) is 0 Å². The van der Waals surface area contributed by atoms with Crippen molar-refractivity contribution in [2.24, 2.45) is 0 Å². The lowest BCUT2D eigenvalue weighted by molar-refractivity contribution is -0.113. The first-order valence-corrected chi connectivity index (χ1v) is 10.8. The molecule has 6 heteroatoms. The first-order chi connectivity index (χ1) is 13.6. The number of para-hydroxylation sites is 1. The predicted molar refractivity (Wildman–Crippen MR) is 118 cm³/mol. The van der Waals surface area contributed by atoms with Crippen LogP contribution in [0.3, 0.4) is 0 Å². The van der Waals surface area contributed by atoms with Crippen molar-refractivity contribution in [1.29, 1.82) is 0 Å². The van der Waals surface area contributed by atoms with E-state index in [0.717, 1.165) is 43.2 Å². The summed E-state index contributed by atoms with van der Waals surface area (Å²) in [6.07, 6.45) is 1.57. The van der Waals surface area contributed by atoms with Crippen molar-refractivity contribution >= 4 is 44.9 Å². The van der Waals surface area contributed by atoms with Crippen molar-refractivity contribution in [3.8, 4) is 11.1 Å². The number of anilines is 1. The Hall–Kier alpha value is -2.70. The zero-order valence-electron chi connectivity index (χ0n) is 15.6. The van der Waals surface area contributed by atoms with Crippen molar-refractivity contribution in [2.75, 3.05) is 11.1 Å². The number of nitrogens with zero attached hydrogens (tertiary/aromatic N) is 2. The summed E-state index contributed by atoms with van der Waals surface area (Å²) in [5.74, 6) is 0.259. The third-order valence-electron chi connectivity index (χ3n) is 4.51. The van der Waals surface area contributed by atoms with Crippen LogP contribution in [0.2, 0.25) is 0 Å². The highest BCUT2D eigenvalue weighted by atomic mass is 32.2. The van der Waals surface area contributed by atoms with E-state index in [0.29, 0.717) is 5.75 Å². The number of aromatic nitrogens is 2. The zero-order chi connectivity index (χ0) is 19.5. The second-order valence-corrected chi connectivity index (χ2v) is 8.30. The largest absolute Gasteiger partial charge is 0.325 e. The van der Waals surface area contributed by atoms with Gasteiger partial charge in [-0.25, -0.2) is 9.97 Å². The highest BCUT2D eigenvalue weighted by Gasteiger charge is 2.15. The van der Waals surface area contributed by atoms with Crippen LogP contribution in [-0.4, -0.2) is 21.6 Å². The van der Waals surface area contributed by atoms with Gasteiger partial charge in [-0.1, -0.05) is 60.3 Å². The molecule has 0 unspecified atom stereocenters. The molecule has 140 valence electrons. The molecule has 4 nitrogen and oxygen atoms in total. The number of carbonyl (C=O) groups is 1. The Morgan fingerprint density at radius 1 is 1.04 bits per heavy atom. The van der Waals surface area contributed by atoms with E-state index < -0.39 is 0 Å². The number of hydrogen-bond acceptors (Lipinski definition) is 5. The van der Waals surface area contributed by atoms with Gasteiger partial charge in [-0.15, -0.1) is 11.3 Å². The van der Waals surface area contributed by atoms with E-state index in [2.05, 4.69) is 32.8 Å². The van der Waals surface area contributed by atoms with Gasteiger partial charge in [0.05, 0.1) is 11.1 Å². The third-order valence-corrected chi connectivity index (χ3v) is 6.38. The van der Waals surface area contributed by atoms with E-state index in [1.54, 1.807) is 17.7 Å². The van der Waals surface area contributed by atoms with Crippen molar-refractivity contribution in [1.82, 2.24) is 9.97 Å². The van der Waals surface area contributed by atoms with Crippen LogP contribution >= 0.6 is 23.1 Å². The van der Waals surface area contributed by atoms with Gasteiger partial charge in [-0.3, -0.25) is 4.79 Å². The van der Waals surface area contributed by atoms with Crippen molar-refractivity contribution < 1.29 is 4.79 Å². The summed E-state index contributed by atoms with van der Waals surface area (Å²) in [5.41, 5.74) is 5.25. The van der Waals surface area contributed by atoms with Gasteiger partial charge in [0, 0.05) is 16.6 Å². The minimum Gasteiger partial charge on any atom is -0.325 e. The standard InChI is InChI=1S/C22H19N3OS2/c1-14-7-6-8-15(2)20(14)25-18(26)12-28-22-19-17(16-9-4-3-5-10-16)11-27-21(19)23-13-24-22/h3-11,13H,12H2,1-2H3,(H,25,26). The summed E-state index contributed by atoms with van der Waals surface area (Å²) in [5, 5.41) is 7.00. The van der Waals surface area contributed by atoms with E-state index in [-0.39, 0.29) is 5.91 Å². The van der Waals surface area contributed by atoms with E-state index in [9.17, 15) is 4.79 Å². The summed E-state index contributed by atoms with van der Waals surface area (Å²) < 4.78 is 0. The SMILES string of the molecule is Cc1cccc(C)c1NC(=O)CSc1ncnc2scc(-c3ccccc3)c12. The van der Waals surface area contributed by atoms with Gasteiger partial charge in [0.15, 0.2) is 0 Å². The van der Waals surface area contributed by atoms with Gasteiger partial charge < -0.3 is 5.32 Å². The lowest BCUT2D eigenvalue weighted by atomic mass is 10.1. The first-order valence-electron chi connectivity index (χ1n) is 8.90. The Balaban J connectivity index is 1.57. The van der Waals surface area contributed by atoms with Gasteiger partial charge in [-0.05, 0) is 30.5 Å². The number of fused-ring (bicyclic) bond motifs is 1. The number of amides is 1. The highest BCUT2D eigenvalue weighted by molar-refractivity contribution is 8.00. The lowest BCUT2D eigenvalue weighted by Crippen LogP contribution is -2.15. The molecule has 0 bridgehead atoms. The van der Waals surface area contributed by atoms with Gasteiger partial charge >= 0.3 is 0 Å². The van der Waals surface area contributed by atoms with E-state index in [1.807, 2.05) is 50.2 Å². The Morgan fingerprint density at radius 3 is 2.54 bits per heavy atom. The third kappa shape index (κ3) is 3.79. The lowest BCUT2D eigenvalue weighted by Gasteiger charge is -2.11. The van der Waals surface area contributed by atoms with Crippen molar-refractivity contribution in [2.45, 2.75) is 18.9 Å². The van der Waals surface area contributed by atoms with Crippen LogP contribution in [0, 0.1) is 13.8 Å². The normalized spacial score (nSPS) is 10.9. The van der Waals surface area contributed by atoms with Crippen LogP contribution in [0.4, 0.5) is 5.69 Å². The molecule has 1 amide bonds. The topological polar surface area (TPSA) is 54.9 Å². The highest BCUT2D eigenvalue weighted by Crippen LogP contribution is 2.37. The molecule has 2 aromatic carbocycles. The van der Waals surface area contributed by atoms with Gasteiger partial charge in [0.2, 0.25) is 5.91 Å². The van der Waals surface area contributed by atoms with Crippen LogP contribution in [0.5, 0.6) is 0 Å². The fraction of sp³-hybridized carbons (Fsp3) is 0.136. The molecule has 0 radical (unpaired) electrons. The van der Waals surface area contributed by atoms with E-state index in [1.165, 1.54) is 11.8 Å². The fourth-order valence-corrected chi connectivity index (χ4v) is 4.90. The Morgan fingerprint density at radius 2 is 1.79 bits per heavy atom. The number of benzene rings is 2. The minimum absolute atomic E-state index is 0.0364. The Labute approximate surface area is 172 Å². The number of thioether (sulfide) groups is 1. The summed E-state index contributed by atoms with van der Waals surface area (Å²) in [6, 6.07) is 16.2. The molecule has 1 N–H and O–H groups in total. The molecule has 4 rings (SSSR count). The Kier molecular flexibility index (Phi) is 5.41. The van der Waals surface area contributed by atoms with Gasteiger partial charge in [0.1, 0.15) is 16.2 Å². The quantitative estimate of drug-likeness (QED) is 0.341. The molecule has 0 aliphatic carbocycles. The van der Waals surface area contributed by atoms with Crippen LogP contribution in [0.15, 0.2) is 65.3 Å². The molecule has 2 aromatic heterocycles. The maximum atomic E-state index is 12.5. The fourth-order valence-electron chi connectivity index (χ4n) is 3.11. The molecule has 0 saturated heterocycles. The van der Waals surface area contributed by atoms with Crippen LogP contribution < -0.4 is 5.32 Å². The second-order valence-electron chi connectivity index (χ2n) is 6.48. The summed E-state index contributed by atoms with van der Waals surface area (Å²) in [4.78, 5) is 22.3. The number of carbonyl (C=O) groups excluding carboxylic acids is 1. The number of rotatable bonds is 5. The number of hydrogen-bond donors (Lipinski definition) is 1. The Bertz CT molecular complexity index is 1120. The molecule has 0 atom stereocenters. The molecule has 0 fully saturated rings. The smallest absolute Gasteiger partial charge is 0.234 e. The zero-order valence-corrected chi connectivity index (χ0v) is 17.2. The van der Waals surface area contributed by atoms with Crippen LogP contribution in [0.1, 0.15) is 11.1 Å². The molecule has 0 saturated carbocycles. The summed E-state index contributed by atoms with van der Waals surface area (Å²) >= 11 is 3.04. The molecular weight excluding hydrogens is 386 g/mol. The molecule has 0 aliphatic heterocycles. The van der Waals surface area contributed by atoms with Crippen molar-refractivity contribution in [3.05, 3.63) is 71.4 Å².